The molecule has 2 aromatic rings. The molecule has 2 aromatic heterocycles. The lowest BCUT2D eigenvalue weighted by molar-refractivity contribution is -0.0643. The number of carbonyl (C=O) groups is 1. The summed E-state index contributed by atoms with van der Waals surface area (Å²) in [5.41, 5.74) is -2.07. The second kappa shape index (κ2) is 6.85. The van der Waals surface area contributed by atoms with Crippen molar-refractivity contribution in [2.45, 2.75) is 30.8 Å². The molecular formula is C15H17N5O6. The molecule has 1 amide bonds. The molecule has 26 heavy (non-hydrogen) atoms. The summed E-state index contributed by atoms with van der Waals surface area (Å²) in [6.07, 6.45) is -5.35. The summed E-state index contributed by atoms with van der Waals surface area (Å²) in [5, 5.41) is 46.2. The first-order valence-corrected chi connectivity index (χ1v) is 7.60. The predicted octanol–water partition coefficient (Wildman–Crippen LogP) is -0.871. The Morgan fingerprint density at radius 3 is 3.00 bits per heavy atom. The Kier molecular flexibility index (Phi) is 4.08. The summed E-state index contributed by atoms with van der Waals surface area (Å²) in [5.74, 6) is 0.0508. The van der Waals surface area contributed by atoms with E-state index in [9.17, 15) is 25.4 Å². The normalized spacial score (nSPS) is 29.7. The van der Waals surface area contributed by atoms with E-state index < -0.39 is 36.6 Å². The van der Waals surface area contributed by atoms with Crippen LogP contribution in [0, 0.1) is 11.3 Å². The van der Waals surface area contributed by atoms with Crippen molar-refractivity contribution in [1.82, 2.24) is 14.6 Å². The van der Waals surface area contributed by atoms with Crippen molar-refractivity contribution in [1.29, 1.82) is 5.26 Å². The van der Waals surface area contributed by atoms with Gasteiger partial charge in [0.25, 0.3) is 0 Å². The van der Waals surface area contributed by atoms with Crippen LogP contribution in [0.15, 0.2) is 18.5 Å². The van der Waals surface area contributed by atoms with Crippen LogP contribution in [0.5, 0.6) is 0 Å². The van der Waals surface area contributed by atoms with Gasteiger partial charge in [-0.1, -0.05) is 0 Å². The third kappa shape index (κ3) is 2.65. The van der Waals surface area contributed by atoms with Crippen molar-refractivity contribution < 1.29 is 32.3 Å². The highest BCUT2D eigenvalue weighted by molar-refractivity contribution is 5.88. The Bertz CT molecular complexity index is 941. The molecule has 3 heterocycles. The number of aliphatic hydroxyl groups is 3. The topological polar surface area (TPSA) is 162 Å². The highest BCUT2D eigenvalue weighted by Crippen LogP contribution is 2.40. The van der Waals surface area contributed by atoms with Gasteiger partial charge in [-0.15, -0.1) is 0 Å². The van der Waals surface area contributed by atoms with E-state index in [1.807, 2.05) is 0 Å². The zero-order chi connectivity index (χ0) is 20.7. The summed E-state index contributed by atoms with van der Waals surface area (Å²) in [4.78, 5) is 15.6. The standard InChI is InChI=1S/C15H17N5O6/c1-2-25-14(24)19-13-8-3-4-10(20(8)18-7-17-13)15(6-16)12(23)11(22)9(5-21)26-15/h3-4,7,9,11-12,21-23H,2,5H2,1H3,(H,17,18,19,24)/t9-,11-,12-,15+/m1/s1/i5D2. The van der Waals surface area contributed by atoms with Gasteiger partial charge in [-0.2, -0.15) is 10.4 Å². The number of hydrogen-bond acceptors (Lipinski definition) is 9. The van der Waals surface area contributed by atoms with Crippen LogP contribution < -0.4 is 5.32 Å². The maximum absolute atomic E-state index is 11.7. The molecule has 0 spiro atoms. The van der Waals surface area contributed by atoms with Gasteiger partial charge in [-0.25, -0.2) is 14.3 Å². The first-order valence-electron chi connectivity index (χ1n) is 8.60. The smallest absolute Gasteiger partial charge is 0.412 e. The molecule has 0 bridgehead atoms. The molecule has 4 N–H and O–H groups in total. The molecule has 0 unspecified atom stereocenters. The second-order valence-electron chi connectivity index (χ2n) is 5.42. The fourth-order valence-electron chi connectivity index (χ4n) is 2.79. The average Bonchev–Trinajstić information content (AvgIpc) is 3.17. The maximum Gasteiger partial charge on any atom is 0.412 e. The molecule has 0 radical (unpaired) electrons. The molecule has 4 atom stereocenters. The van der Waals surface area contributed by atoms with Crippen molar-refractivity contribution in [3.05, 3.63) is 24.2 Å². The van der Waals surface area contributed by atoms with Crippen LogP contribution >= 0.6 is 0 Å². The van der Waals surface area contributed by atoms with Gasteiger partial charge < -0.3 is 24.8 Å². The zero-order valence-electron chi connectivity index (χ0n) is 15.5. The van der Waals surface area contributed by atoms with Gasteiger partial charge in [0.2, 0.25) is 5.60 Å². The predicted molar refractivity (Wildman–Crippen MR) is 84.9 cm³/mol. The number of nitrogens with zero attached hydrogens (tertiary/aromatic N) is 4. The van der Waals surface area contributed by atoms with Crippen LogP contribution in [0.4, 0.5) is 10.6 Å². The molecule has 11 heteroatoms. The Labute approximate surface area is 150 Å². The fourth-order valence-corrected chi connectivity index (χ4v) is 2.79. The van der Waals surface area contributed by atoms with Crippen molar-refractivity contribution in [3.8, 4) is 6.07 Å². The fraction of sp³-hybridized carbons (Fsp3) is 0.467. The molecule has 11 nitrogen and oxygen atoms in total. The molecule has 3 rings (SSSR count). The largest absolute Gasteiger partial charge is 0.450 e. The number of ether oxygens (including phenoxy) is 2. The number of anilines is 1. The molecule has 1 aliphatic heterocycles. The van der Waals surface area contributed by atoms with E-state index in [1.165, 1.54) is 12.1 Å². The summed E-state index contributed by atoms with van der Waals surface area (Å²) in [6.45, 7) is -1.25. The number of hydrogen-bond donors (Lipinski definition) is 4. The summed E-state index contributed by atoms with van der Waals surface area (Å²) in [6, 6.07) is 4.50. The van der Waals surface area contributed by atoms with Crippen LogP contribution in [0.3, 0.4) is 0 Å². The van der Waals surface area contributed by atoms with Gasteiger partial charge in [0.1, 0.15) is 36.2 Å². The van der Waals surface area contributed by atoms with E-state index in [-0.39, 0.29) is 23.6 Å². The first-order chi connectivity index (χ1) is 13.2. The number of amides is 1. The Morgan fingerprint density at radius 2 is 2.38 bits per heavy atom. The van der Waals surface area contributed by atoms with Crippen LogP contribution in [0.1, 0.15) is 15.4 Å². The van der Waals surface area contributed by atoms with E-state index in [2.05, 4.69) is 15.4 Å². The molecule has 0 aromatic carbocycles. The summed E-state index contributed by atoms with van der Waals surface area (Å²) in [7, 11) is 0. The Balaban J connectivity index is 2.08. The van der Waals surface area contributed by atoms with E-state index >= 15 is 0 Å². The SMILES string of the molecule is [2H]C([2H])(O)[C@H]1O[C@@](C#N)(c2ccc3c(NC(=O)OCC)ncnn23)[C@H](O)[C@@H]1O. The number of aromatic nitrogens is 3. The maximum atomic E-state index is 11.7. The Hall–Kier alpha value is -2.78. The number of nitrogens with one attached hydrogen (secondary N) is 1. The second-order valence-corrected chi connectivity index (χ2v) is 5.42. The summed E-state index contributed by atoms with van der Waals surface area (Å²) < 4.78 is 26.0. The van der Waals surface area contributed by atoms with Gasteiger partial charge >= 0.3 is 6.09 Å². The molecule has 1 saturated heterocycles. The molecular weight excluding hydrogens is 346 g/mol. The minimum Gasteiger partial charge on any atom is -0.450 e. The Morgan fingerprint density at radius 1 is 1.62 bits per heavy atom. The number of nitriles is 1. The van der Waals surface area contributed by atoms with Crippen LogP contribution in [-0.4, -0.2) is 67.5 Å². The van der Waals surface area contributed by atoms with Crippen LogP contribution in [-0.2, 0) is 15.1 Å². The van der Waals surface area contributed by atoms with Crippen molar-refractivity contribution in [2.24, 2.45) is 0 Å². The van der Waals surface area contributed by atoms with E-state index in [0.717, 1.165) is 10.8 Å². The number of fused-ring (bicyclic) bond motifs is 1. The van der Waals surface area contributed by atoms with Gasteiger partial charge in [0, 0.05) is 0 Å². The lowest BCUT2D eigenvalue weighted by atomic mass is 9.92. The molecule has 138 valence electrons. The lowest BCUT2D eigenvalue weighted by Gasteiger charge is -2.24. The monoisotopic (exact) mass is 365 g/mol. The van der Waals surface area contributed by atoms with E-state index in [1.54, 1.807) is 13.0 Å². The highest BCUT2D eigenvalue weighted by atomic mass is 16.6. The van der Waals surface area contributed by atoms with E-state index in [0.29, 0.717) is 0 Å². The van der Waals surface area contributed by atoms with Gasteiger partial charge in [0.05, 0.1) is 21.6 Å². The van der Waals surface area contributed by atoms with Gasteiger partial charge in [-0.05, 0) is 19.1 Å². The third-order valence-corrected chi connectivity index (χ3v) is 3.98. The van der Waals surface area contributed by atoms with Crippen molar-refractivity contribution >= 4 is 17.4 Å². The molecule has 0 saturated carbocycles. The molecule has 1 fully saturated rings. The van der Waals surface area contributed by atoms with Crippen LogP contribution in [0.2, 0.25) is 0 Å². The van der Waals surface area contributed by atoms with Crippen molar-refractivity contribution in [2.75, 3.05) is 18.5 Å². The van der Waals surface area contributed by atoms with E-state index in [4.69, 9.17) is 12.2 Å². The lowest BCUT2D eigenvalue weighted by Crippen LogP contribution is -2.41. The first kappa shape index (κ1) is 15.5. The molecule has 0 aliphatic carbocycles. The molecule has 1 aliphatic rings. The van der Waals surface area contributed by atoms with Gasteiger partial charge in [-0.3, -0.25) is 5.32 Å². The quantitative estimate of drug-likeness (QED) is 0.539. The van der Waals surface area contributed by atoms with Crippen LogP contribution in [0.25, 0.3) is 5.52 Å². The highest BCUT2D eigenvalue weighted by Gasteiger charge is 2.57. The zero-order valence-corrected chi connectivity index (χ0v) is 13.5. The minimum atomic E-state index is -3.02. The number of rotatable bonds is 4. The van der Waals surface area contributed by atoms with Gasteiger partial charge in [0.15, 0.2) is 5.82 Å². The minimum absolute atomic E-state index is 0.0508. The third-order valence-electron chi connectivity index (χ3n) is 3.98. The number of carbonyl (C=O) groups excluding carboxylic acids is 1. The van der Waals surface area contributed by atoms with Crippen molar-refractivity contribution in [3.63, 3.8) is 0 Å². The average molecular weight is 365 g/mol. The number of aliphatic hydroxyl groups excluding tert-OH is 2. The summed E-state index contributed by atoms with van der Waals surface area (Å²) >= 11 is 0.